The SMILES string of the molecule is Cc1nc(COS(C)(=O)=O)cc(Nc2cc(CCc3cc(NC(=O)c4cccc(C(F)(F)F)c4)ccc3F)[nH]n2)n1. The summed E-state index contributed by atoms with van der Waals surface area (Å²) in [6.45, 7) is 1.38. The van der Waals surface area contributed by atoms with Crippen molar-refractivity contribution in [3.05, 3.63) is 94.3 Å². The van der Waals surface area contributed by atoms with Crippen LogP contribution in [0.3, 0.4) is 0 Å². The quantitative estimate of drug-likeness (QED) is 0.174. The Labute approximate surface area is 232 Å². The molecule has 2 aromatic heterocycles. The van der Waals surface area contributed by atoms with Crippen molar-refractivity contribution in [2.45, 2.75) is 32.5 Å². The fourth-order valence-corrected chi connectivity index (χ4v) is 4.11. The van der Waals surface area contributed by atoms with Crippen LogP contribution in [0.2, 0.25) is 0 Å². The monoisotopic (exact) mass is 592 g/mol. The Balaban J connectivity index is 1.39. The molecule has 0 aliphatic rings. The first-order valence-electron chi connectivity index (χ1n) is 12.0. The van der Waals surface area contributed by atoms with E-state index < -0.39 is 33.6 Å². The average molecular weight is 593 g/mol. The van der Waals surface area contributed by atoms with Crippen molar-refractivity contribution in [3.8, 4) is 0 Å². The third kappa shape index (κ3) is 8.56. The zero-order valence-corrected chi connectivity index (χ0v) is 22.5. The molecular weight excluding hydrogens is 568 g/mol. The molecule has 10 nitrogen and oxygen atoms in total. The number of hydrogen-bond donors (Lipinski definition) is 3. The number of amides is 1. The van der Waals surface area contributed by atoms with Gasteiger partial charge in [-0.25, -0.2) is 14.4 Å². The normalized spacial score (nSPS) is 11.9. The van der Waals surface area contributed by atoms with Crippen molar-refractivity contribution < 1.29 is 35.0 Å². The Bertz CT molecular complexity index is 1670. The number of H-pyrrole nitrogens is 1. The number of alkyl halides is 3. The third-order valence-electron chi connectivity index (χ3n) is 5.62. The molecule has 41 heavy (non-hydrogen) atoms. The minimum absolute atomic E-state index is 0.183. The highest BCUT2D eigenvalue weighted by atomic mass is 32.2. The summed E-state index contributed by atoms with van der Waals surface area (Å²) in [5, 5.41) is 12.5. The summed E-state index contributed by atoms with van der Waals surface area (Å²) in [5.41, 5.74) is 0.364. The summed E-state index contributed by atoms with van der Waals surface area (Å²) >= 11 is 0. The number of rotatable bonds is 10. The Morgan fingerprint density at radius 1 is 1.02 bits per heavy atom. The highest BCUT2D eigenvalue weighted by Crippen LogP contribution is 2.30. The molecule has 2 heterocycles. The highest BCUT2D eigenvalue weighted by Gasteiger charge is 2.31. The molecule has 4 aromatic rings. The van der Waals surface area contributed by atoms with Crippen LogP contribution in [-0.2, 0) is 39.9 Å². The maximum Gasteiger partial charge on any atom is 0.416 e. The van der Waals surface area contributed by atoms with E-state index in [1.807, 2.05) is 0 Å². The van der Waals surface area contributed by atoms with Gasteiger partial charge in [0, 0.05) is 29.1 Å². The molecule has 0 aliphatic carbocycles. The number of aromatic nitrogens is 4. The van der Waals surface area contributed by atoms with Crippen LogP contribution in [0.4, 0.5) is 34.9 Å². The van der Waals surface area contributed by atoms with Crippen LogP contribution in [0.25, 0.3) is 0 Å². The average Bonchev–Trinajstić information content (AvgIpc) is 3.33. The molecule has 0 spiro atoms. The number of anilines is 3. The number of nitrogens with one attached hydrogen (secondary N) is 3. The number of aromatic amines is 1. The molecule has 216 valence electrons. The molecule has 0 unspecified atom stereocenters. The molecule has 0 fully saturated rings. The maximum absolute atomic E-state index is 14.5. The zero-order valence-electron chi connectivity index (χ0n) is 21.7. The molecular formula is C26H24F4N6O4S. The Morgan fingerprint density at radius 3 is 2.54 bits per heavy atom. The van der Waals surface area contributed by atoms with Crippen LogP contribution < -0.4 is 10.6 Å². The first kappa shape index (κ1) is 29.6. The zero-order chi connectivity index (χ0) is 29.8. The van der Waals surface area contributed by atoms with Crippen molar-refractivity contribution in [2.24, 2.45) is 0 Å². The van der Waals surface area contributed by atoms with E-state index in [-0.39, 0.29) is 29.8 Å². The van der Waals surface area contributed by atoms with E-state index in [0.29, 0.717) is 35.3 Å². The minimum Gasteiger partial charge on any atom is -0.323 e. The van der Waals surface area contributed by atoms with E-state index >= 15 is 0 Å². The van der Waals surface area contributed by atoms with Crippen LogP contribution in [0, 0.1) is 12.7 Å². The van der Waals surface area contributed by atoms with E-state index in [2.05, 4.69) is 30.8 Å². The van der Waals surface area contributed by atoms with Gasteiger partial charge >= 0.3 is 6.18 Å². The second kappa shape index (κ2) is 12.0. The second-order valence-electron chi connectivity index (χ2n) is 9.00. The lowest BCUT2D eigenvalue weighted by atomic mass is 10.1. The number of benzene rings is 2. The maximum atomic E-state index is 14.5. The van der Waals surface area contributed by atoms with Crippen LogP contribution in [0.15, 0.2) is 54.6 Å². The van der Waals surface area contributed by atoms with Crippen molar-refractivity contribution >= 4 is 33.3 Å². The molecule has 0 atom stereocenters. The number of halogens is 4. The van der Waals surface area contributed by atoms with Gasteiger partial charge in [-0.1, -0.05) is 6.07 Å². The smallest absolute Gasteiger partial charge is 0.323 e. The van der Waals surface area contributed by atoms with Gasteiger partial charge in [0.1, 0.15) is 24.1 Å². The van der Waals surface area contributed by atoms with Crippen LogP contribution in [0.1, 0.15) is 38.7 Å². The largest absolute Gasteiger partial charge is 0.416 e. The third-order valence-corrected chi connectivity index (χ3v) is 6.16. The summed E-state index contributed by atoms with van der Waals surface area (Å²) in [7, 11) is -3.65. The van der Waals surface area contributed by atoms with Gasteiger partial charge in [0.05, 0.1) is 17.5 Å². The fourth-order valence-electron chi connectivity index (χ4n) is 3.77. The summed E-state index contributed by atoms with van der Waals surface area (Å²) in [6, 6.07) is 11.1. The van der Waals surface area contributed by atoms with Crippen molar-refractivity contribution in [2.75, 3.05) is 16.9 Å². The second-order valence-corrected chi connectivity index (χ2v) is 10.6. The van der Waals surface area contributed by atoms with Crippen LogP contribution >= 0.6 is 0 Å². The Kier molecular flexibility index (Phi) is 8.68. The van der Waals surface area contributed by atoms with Crippen LogP contribution in [0.5, 0.6) is 0 Å². The lowest BCUT2D eigenvalue weighted by Gasteiger charge is -2.11. The van der Waals surface area contributed by atoms with E-state index in [1.54, 1.807) is 13.0 Å². The summed E-state index contributed by atoms with van der Waals surface area (Å²) in [4.78, 5) is 20.9. The molecule has 15 heteroatoms. The molecule has 4 rings (SSSR count). The van der Waals surface area contributed by atoms with E-state index in [0.717, 1.165) is 24.5 Å². The molecule has 1 amide bonds. The van der Waals surface area contributed by atoms with Gasteiger partial charge in [-0.15, -0.1) is 0 Å². The molecule has 0 saturated carbocycles. The van der Waals surface area contributed by atoms with E-state index in [1.165, 1.54) is 30.3 Å². The molecule has 0 aliphatic heterocycles. The van der Waals surface area contributed by atoms with Crippen molar-refractivity contribution in [3.63, 3.8) is 0 Å². The van der Waals surface area contributed by atoms with E-state index in [9.17, 15) is 30.8 Å². The fraction of sp³-hybridized carbons (Fsp3) is 0.231. The Hall–Kier alpha value is -4.37. The highest BCUT2D eigenvalue weighted by molar-refractivity contribution is 7.85. The van der Waals surface area contributed by atoms with Gasteiger partial charge in [-0.3, -0.25) is 14.1 Å². The molecule has 0 saturated heterocycles. The summed E-state index contributed by atoms with van der Waals surface area (Å²) < 4.78 is 80.7. The first-order valence-corrected chi connectivity index (χ1v) is 13.8. The molecule has 0 bridgehead atoms. The van der Waals surface area contributed by atoms with Gasteiger partial charge in [0.15, 0.2) is 5.82 Å². The number of hydrogen-bond acceptors (Lipinski definition) is 8. The number of aryl methyl sites for hydroxylation is 3. The van der Waals surface area contributed by atoms with Crippen molar-refractivity contribution in [1.29, 1.82) is 0 Å². The summed E-state index contributed by atoms with van der Waals surface area (Å²) in [6.07, 6.45) is -3.09. The van der Waals surface area contributed by atoms with E-state index in [4.69, 9.17) is 4.18 Å². The number of nitrogens with zero attached hydrogens (tertiary/aromatic N) is 3. The lowest BCUT2D eigenvalue weighted by molar-refractivity contribution is -0.137. The Morgan fingerprint density at radius 2 is 1.80 bits per heavy atom. The predicted molar refractivity (Wildman–Crippen MR) is 141 cm³/mol. The molecule has 3 N–H and O–H groups in total. The topological polar surface area (TPSA) is 139 Å². The standard InChI is InChI=1S/C26H24F4N6O4S/c1-15-31-21(14-40-41(2,38)39)13-23(32-15)34-24-12-20(35-36-24)7-6-16-11-19(8-9-22(16)27)33-25(37)17-4-3-5-18(10-17)26(28,29)30/h3-5,8-13H,6-7,14H2,1-2H3,(H,33,37)(H2,31,32,34,35,36). The summed E-state index contributed by atoms with van der Waals surface area (Å²) in [5.74, 6) is -0.133. The number of carbonyl (C=O) groups is 1. The van der Waals surface area contributed by atoms with Gasteiger partial charge < -0.3 is 10.6 Å². The first-order chi connectivity index (χ1) is 19.2. The van der Waals surface area contributed by atoms with Gasteiger partial charge in [-0.05, 0) is 61.7 Å². The van der Waals surface area contributed by atoms with Gasteiger partial charge in [0.25, 0.3) is 16.0 Å². The molecule has 0 radical (unpaired) electrons. The predicted octanol–water partition coefficient (Wildman–Crippen LogP) is 4.92. The lowest BCUT2D eigenvalue weighted by Crippen LogP contribution is -2.14. The van der Waals surface area contributed by atoms with Crippen LogP contribution in [-0.4, -0.2) is 40.7 Å². The minimum atomic E-state index is -4.59. The molecule has 2 aromatic carbocycles. The van der Waals surface area contributed by atoms with Gasteiger partial charge in [0.2, 0.25) is 0 Å². The van der Waals surface area contributed by atoms with Gasteiger partial charge in [-0.2, -0.15) is 26.7 Å². The number of carbonyl (C=O) groups excluding carboxylic acids is 1. The van der Waals surface area contributed by atoms with Crippen molar-refractivity contribution in [1.82, 2.24) is 20.2 Å².